The molecule has 0 aliphatic heterocycles. The molecule has 0 unspecified atom stereocenters. The first-order valence-corrected chi connectivity index (χ1v) is 5.63. The lowest BCUT2D eigenvalue weighted by Crippen LogP contribution is -2.26. The minimum atomic E-state index is 0.0763. The van der Waals surface area contributed by atoms with Crippen LogP contribution in [-0.4, -0.2) is 29.7 Å². The first-order chi connectivity index (χ1) is 7.67. The van der Waals surface area contributed by atoms with Crippen LogP contribution in [0.25, 0.3) is 0 Å². The molecule has 0 aliphatic carbocycles. The number of hydrogen-bond acceptors (Lipinski definition) is 2. The normalized spacial score (nSPS) is 10.4. The van der Waals surface area contributed by atoms with Gasteiger partial charge in [0.25, 0.3) is 0 Å². The molecular weight excluding hydrogens is 245 g/mol. The summed E-state index contributed by atoms with van der Waals surface area (Å²) >= 11 is 11.9. The van der Waals surface area contributed by atoms with E-state index in [0.29, 0.717) is 29.7 Å². The van der Waals surface area contributed by atoms with Crippen molar-refractivity contribution in [3.05, 3.63) is 33.8 Å². The number of hydrogen-bond donors (Lipinski definition) is 1. The Morgan fingerprint density at radius 3 is 2.69 bits per heavy atom. The highest BCUT2D eigenvalue weighted by Crippen LogP contribution is 2.22. The van der Waals surface area contributed by atoms with Crippen molar-refractivity contribution in [2.24, 2.45) is 0 Å². The molecule has 4 heteroatoms. The molecule has 0 spiro atoms. The van der Waals surface area contributed by atoms with Crippen LogP contribution in [0.15, 0.2) is 18.2 Å². The van der Waals surface area contributed by atoms with Gasteiger partial charge in [-0.25, -0.2) is 0 Å². The molecule has 0 atom stereocenters. The predicted octanol–water partition coefficient (Wildman–Crippen LogP) is 2.42. The number of aliphatic hydroxyl groups excluding tert-OH is 1. The van der Waals surface area contributed by atoms with Gasteiger partial charge in [0.15, 0.2) is 0 Å². The highest BCUT2D eigenvalue weighted by atomic mass is 35.5. The van der Waals surface area contributed by atoms with Crippen molar-refractivity contribution in [1.82, 2.24) is 4.90 Å². The van der Waals surface area contributed by atoms with Crippen molar-refractivity contribution in [3.8, 4) is 12.3 Å². The van der Waals surface area contributed by atoms with Crippen LogP contribution in [0.4, 0.5) is 0 Å². The highest BCUT2D eigenvalue weighted by Gasteiger charge is 2.07. The number of aliphatic hydroxyl groups is 1. The number of rotatable bonds is 5. The smallest absolute Gasteiger partial charge is 0.0602 e. The Kier molecular flexibility index (Phi) is 5.65. The van der Waals surface area contributed by atoms with E-state index >= 15 is 0 Å². The van der Waals surface area contributed by atoms with Crippen LogP contribution in [0.2, 0.25) is 10.0 Å². The Morgan fingerprint density at radius 1 is 1.38 bits per heavy atom. The molecule has 0 radical (unpaired) electrons. The summed E-state index contributed by atoms with van der Waals surface area (Å²) < 4.78 is 0. The molecule has 0 aliphatic rings. The number of terminal acetylenes is 1. The third kappa shape index (κ3) is 4.03. The van der Waals surface area contributed by atoms with E-state index in [4.69, 9.17) is 34.7 Å². The average molecular weight is 258 g/mol. The van der Waals surface area contributed by atoms with Gasteiger partial charge in [0.1, 0.15) is 0 Å². The Balaban J connectivity index is 2.73. The number of benzene rings is 1. The Bertz CT molecular complexity index is 387. The SMILES string of the molecule is C#CCN(CCO)Cc1ccc(Cl)cc1Cl. The van der Waals surface area contributed by atoms with E-state index in [1.807, 2.05) is 11.0 Å². The minimum Gasteiger partial charge on any atom is -0.395 e. The molecule has 0 bridgehead atoms. The lowest BCUT2D eigenvalue weighted by molar-refractivity contribution is 0.205. The summed E-state index contributed by atoms with van der Waals surface area (Å²) in [6.07, 6.45) is 5.25. The Hall–Kier alpha value is -0.720. The second kappa shape index (κ2) is 6.78. The number of nitrogens with zero attached hydrogens (tertiary/aromatic N) is 1. The van der Waals surface area contributed by atoms with E-state index in [-0.39, 0.29) is 6.61 Å². The van der Waals surface area contributed by atoms with E-state index in [1.54, 1.807) is 12.1 Å². The van der Waals surface area contributed by atoms with Gasteiger partial charge in [-0.15, -0.1) is 6.42 Å². The molecule has 1 aromatic carbocycles. The van der Waals surface area contributed by atoms with Gasteiger partial charge in [0.05, 0.1) is 13.2 Å². The standard InChI is InChI=1S/C12H13Cl2NO/c1-2-5-15(6-7-16)9-10-3-4-11(13)8-12(10)14/h1,3-4,8,16H,5-7,9H2. The largest absolute Gasteiger partial charge is 0.395 e. The van der Waals surface area contributed by atoms with Gasteiger partial charge in [-0.1, -0.05) is 35.2 Å². The quantitative estimate of drug-likeness (QED) is 0.820. The van der Waals surface area contributed by atoms with Crippen LogP contribution in [0.3, 0.4) is 0 Å². The fourth-order valence-electron chi connectivity index (χ4n) is 1.38. The van der Waals surface area contributed by atoms with Crippen molar-refractivity contribution in [2.75, 3.05) is 19.7 Å². The third-order valence-electron chi connectivity index (χ3n) is 2.14. The van der Waals surface area contributed by atoms with Gasteiger partial charge in [0, 0.05) is 23.1 Å². The van der Waals surface area contributed by atoms with Crippen molar-refractivity contribution in [3.63, 3.8) is 0 Å². The second-order valence-corrected chi connectivity index (χ2v) is 4.22. The maximum Gasteiger partial charge on any atom is 0.0602 e. The van der Waals surface area contributed by atoms with Crippen molar-refractivity contribution >= 4 is 23.2 Å². The molecular formula is C12H13Cl2NO. The van der Waals surface area contributed by atoms with Crippen molar-refractivity contribution < 1.29 is 5.11 Å². The summed E-state index contributed by atoms with van der Waals surface area (Å²) in [5.41, 5.74) is 0.953. The molecule has 2 nitrogen and oxygen atoms in total. The van der Waals surface area contributed by atoms with Gasteiger partial charge in [-0.3, -0.25) is 4.90 Å². The molecule has 1 rings (SSSR count). The molecule has 1 N–H and O–H groups in total. The molecule has 1 aromatic rings. The first kappa shape index (κ1) is 13.3. The van der Waals surface area contributed by atoms with E-state index < -0.39 is 0 Å². The van der Waals surface area contributed by atoms with Gasteiger partial charge in [0.2, 0.25) is 0 Å². The molecule has 0 fully saturated rings. The monoisotopic (exact) mass is 257 g/mol. The van der Waals surface area contributed by atoms with E-state index in [2.05, 4.69) is 5.92 Å². The van der Waals surface area contributed by atoms with Gasteiger partial charge in [-0.2, -0.15) is 0 Å². The maximum atomic E-state index is 8.89. The van der Waals surface area contributed by atoms with Crippen LogP contribution < -0.4 is 0 Å². The van der Waals surface area contributed by atoms with Crippen LogP contribution >= 0.6 is 23.2 Å². The third-order valence-corrected chi connectivity index (χ3v) is 2.73. The number of halogens is 2. The molecule has 16 heavy (non-hydrogen) atoms. The summed E-state index contributed by atoms with van der Waals surface area (Å²) in [6.45, 7) is 1.70. The fourth-order valence-corrected chi connectivity index (χ4v) is 1.84. The van der Waals surface area contributed by atoms with E-state index in [0.717, 1.165) is 5.56 Å². The van der Waals surface area contributed by atoms with Crippen LogP contribution in [0.5, 0.6) is 0 Å². The second-order valence-electron chi connectivity index (χ2n) is 3.37. The molecule has 0 saturated heterocycles. The first-order valence-electron chi connectivity index (χ1n) is 4.88. The van der Waals surface area contributed by atoms with Crippen molar-refractivity contribution in [1.29, 1.82) is 0 Å². The molecule has 0 heterocycles. The average Bonchev–Trinajstić information content (AvgIpc) is 2.23. The van der Waals surface area contributed by atoms with Crippen LogP contribution in [0.1, 0.15) is 5.56 Å². The lowest BCUT2D eigenvalue weighted by Gasteiger charge is -2.19. The van der Waals surface area contributed by atoms with Gasteiger partial charge >= 0.3 is 0 Å². The summed E-state index contributed by atoms with van der Waals surface area (Å²) in [4.78, 5) is 1.94. The van der Waals surface area contributed by atoms with Crippen molar-refractivity contribution in [2.45, 2.75) is 6.54 Å². The Morgan fingerprint density at radius 2 is 2.12 bits per heavy atom. The summed E-state index contributed by atoms with van der Waals surface area (Å²) in [6, 6.07) is 5.35. The zero-order valence-electron chi connectivity index (χ0n) is 8.79. The summed E-state index contributed by atoms with van der Waals surface area (Å²) in [5.74, 6) is 2.55. The zero-order chi connectivity index (χ0) is 12.0. The minimum absolute atomic E-state index is 0.0763. The highest BCUT2D eigenvalue weighted by molar-refractivity contribution is 6.35. The maximum absolute atomic E-state index is 8.89. The molecule has 86 valence electrons. The molecule has 0 saturated carbocycles. The Labute approximate surface area is 106 Å². The lowest BCUT2D eigenvalue weighted by atomic mass is 10.2. The van der Waals surface area contributed by atoms with Gasteiger partial charge < -0.3 is 5.11 Å². The zero-order valence-corrected chi connectivity index (χ0v) is 10.3. The topological polar surface area (TPSA) is 23.5 Å². The van der Waals surface area contributed by atoms with Crippen LogP contribution in [0, 0.1) is 12.3 Å². The predicted molar refractivity (Wildman–Crippen MR) is 67.7 cm³/mol. The van der Waals surface area contributed by atoms with Gasteiger partial charge in [-0.05, 0) is 17.7 Å². The molecule has 0 aromatic heterocycles. The summed E-state index contributed by atoms with van der Waals surface area (Å²) in [7, 11) is 0. The van der Waals surface area contributed by atoms with E-state index in [1.165, 1.54) is 0 Å². The van der Waals surface area contributed by atoms with Crippen LogP contribution in [-0.2, 0) is 6.54 Å². The molecule has 0 amide bonds. The fraction of sp³-hybridized carbons (Fsp3) is 0.333. The summed E-state index contributed by atoms with van der Waals surface area (Å²) in [5, 5.41) is 10.1. The van der Waals surface area contributed by atoms with E-state index in [9.17, 15) is 0 Å².